The molecule has 0 unspecified atom stereocenters. The standard InChI is InChI=1S/C17H20N2O2S2/c1-3-5-11-18-16(21)14(23-17(18)22)12-19(15(20)4-2)13-9-7-6-8-10-13/h6-10,12H,3-5,11H2,1-2H3/b14-12-. The van der Waals surface area contributed by atoms with E-state index in [0.717, 1.165) is 18.5 Å². The molecular weight excluding hydrogens is 328 g/mol. The van der Waals surface area contributed by atoms with Crippen LogP contribution in [-0.2, 0) is 9.59 Å². The van der Waals surface area contributed by atoms with Crippen molar-refractivity contribution in [2.75, 3.05) is 11.4 Å². The minimum Gasteiger partial charge on any atom is -0.293 e. The molecule has 1 saturated heterocycles. The van der Waals surface area contributed by atoms with Crippen LogP contribution >= 0.6 is 24.0 Å². The molecule has 0 atom stereocenters. The van der Waals surface area contributed by atoms with Gasteiger partial charge in [0.25, 0.3) is 5.91 Å². The quantitative estimate of drug-likeness (QED) is 0.577. The van der Waals surface area contributed by atoms with E-state index < -0.39 is 0 Å². The number of nitrogens with zero attached hydrogens (tertiary/aromatic N) is 2. The Kier molecular flexibility index (Phi) is 6.36. The van der Waals surface area contributed by atoms with Crippen LogP contribution in [0.3, 0.4) is 0 Å². The first-order valence-electron chi connectivity index (χ1n) is 7.71. The zero-order valence-corrected chi connectivity index (χ0v) is 15.0. The van der Waals surface area contributed by atoms with Crippen molar-refractivity contribution in [3.05, 3.63) is 41.4 Å². The highest BCUT2D eigenvalue weighted by atomic mass is 32.2. The van der Waals surface area contributed by atoms with Crippen molar-refractivity contribution in [3.8, 4) is 0 Å². The van der Waals surface area contributed by atoms with E-state index in [9.17, 15) is 9.59 Å². The Morgan fingerprint density at radius 1 is 1.30 bits per heavy atom. The molecule has 2 rings (SSSR count). The van der Waals surface area contributed by atoms with E-state index in [1.807, 2.05) is 30.3 Å². The lowest BCUT2D eigenvalue weighted by Gasteiger charge is -2.18. The maximum Gasteiger partial charge on any atom is 0.267 e. The average molecular weight is 348 g/mol. The summed E-state index contributed by atoms with van der Waals surface area (Å²) in [5, 5.41) is 0. The van der Waals surface area contributed by atoms with E-state index in [1.54, 1.807) is 18.0 Å². The number of hydrogen-bond acceptors (Lipinski definition) is 4. The topological polar surface area (TPSA) is 40.6 Å². The van der Waals surface area contributed by atoms with E-state index in [4.69, 9.17) is 12.2 Å². The number of rotatable bonds is 6. The van der Waals surface area contributed by atoms with Crippen LogP contribution in [0.15, 0.2) is 41.4 Å². The van der Waals surface area contributed by atoms with Gasteiger partial charge in [0.1, 0.15) is 4.32 Å². The fraction of sp³-hybridized carbons (Fsp3) is 0.353. The molecule has 1 fully saturated rings. The number of para-hydroxylation sites is 1. The number of unbranched alkanes of at least 4 members (excludes halogenated alkanes) is 1. The second-order valence-corrected chi connectivity index (χ2v) is 6.80. The second kappa shape index (κ2) is 8.26. The molecule has 2 amide bonds. The van der Waals surface area contributed by atoms with Gasteiger partial charge in [-0.25, -0.2) is 0 Å². The van der Waals surface area contributed by atoms with Crippen LogP contribution in [-0.4, -0.2) is 27.6 Å². The van der Waals surface area contributed by atoms with Crippen LogP contribution in [0.25, 0.3) is 0 Å². The number of carbonyl (C=O) groups excluding carboxylic acids is 2. The van der Waals surface area contributed by atoms with Crippen molar-refractivity contribution >= 4 is 45.8 Å². The first-order valence-corrected chi connectivity index (χ1v) is 8.93. The van der Waals surface area contributed by atoms with Gasteiger partial charge >= 0.3 is 0 Å². The molecule has 1 aliphatic heterocycles. The SMILES string of the molecule is CCCCN1C(=O)/C(=C/N(C(=O)CC)c2ccccc2)SC1=S. The van der Waals surface area contributed by atoms with Crippen LogP contribution in [0.4, 0.5) is 5.69 Å². The summed E-state index contributed by atoms with van der Waals surface area (Å²) in [6.45, 7) is 4.51. The van der Waals surface area contributed by atoms with Crippen molar-refractivity contribution in [1.82, 2.24) is 4.90 Å². The third-order valence-corrected chi connectivity index (χ3v) is 4.83. The molecule has 0 aliphatic carbocycles. The summed E-state index contributed by atoms with van der Waals surface area (Å²) in [5.74, 6) is -0.173. The fourth-order valence-electron chi connectivity index (χ4n) is 2.17. The van der Waals surface area contributed by atoms with Crippen LogP contribution in [0.1, 0.15) is 33.1 Å². The van der Waals surface area contributed by atoms with E-state index in [1.165, 1.54) is 16.7 Å². The van der Waals surface area contributed by atoms with Gasteiger partial charge in [0.05, 0.1) is 4.91 Å². The summed E-state index contributed by atoms with van der Waals surface area (Å²) in [4.78, 5) is 28.4. The molecule has 0 bridgehead atoms. The molecule has 1 aromatic carbocycles. The summed E-state index contributed by atoms with van der Waals surface area (Å²) >= 11 is 6.55. The normalized spacial score (nSPS) is 16.3. The van der Waals surface area contributed by atoms with E-state index in [2.05, 4.69) is 6.92 Å². The molecule has 1 aliphatic rings. The van der Waals surface area contributed by atoms with Crippen molar-refractivity contribution in [1.29, 1.82) is 0 Å². The number of thioether (sulfide) groups is 1. The van der Waals surface area contributed by atoms with Crippen molar-refractivity contribution in [2.24, 2.45) is 0 Å². The Bertz CT molecular complexity index is 629. The molecule has 0 aromatic heterocycles. The first kappa shape index (κ1) is 17.7. The van der Waals surface area contributed by atoms with Gasteiger partial charge in [0.2, 0.25) is 5.91 Å². The van der Waals surface area contributed by atoms with E-state index in [0.29, 0.717) is 22.2 Å². The Hall–Kier alpha value is -1.66. The molecule has 1 aromatic rings. The van der Waals surface area contributed by atoms with Gasteiger partial charge in [0, 0.05) is 24.9 Å². The summed E-state index contributed by atoms with van der Waals surface area (Å²) in [6.07, 6.45) is 3.89. The molecule has 0 N–H and O–H groups in total. The average Bonchev–Trinajstić information content (AvgIpc) is 2.84. The molecule has 122 valence electrons. The highest BCUT2D eigenvalue weighted by molar-refractivity contribution is 8.26. The Balaban J connectivity index is 2.28. The Morgan fingerprint density at radius 3 is 2.61 bits per heavy atom. The lowest BCUT2D eigenvalue weighted by Crippen LogP contribution is -2.30. The molecule has 23 heavy (non-hydrogen) atoms. The van der Waals surface area contributed by atoms with Crippen molar-refractivity contribution < 1.29 is 9.59 Å². The fourth-order valence-corrected chi connectivity index (χ4v) is 3.44. The summed E-state index contributed by atoms with van der Waals surface area (Å²) < 4.78 is 0.562. The molecule has 6 heteroatoms. The van der Waals surface area contributed by atoms with Gasteiger partial charge in [0.15, 0.2) is 0 Å². The number of anilines is 1. The maximum atomic E-state index is 12.5. The molecule has 0 spiro atoms. The lowest BCUT2D eigenvalue weighted by atomic mass is 10.2. The molecule has 0 radical (unpaired) electrons. The van der Waals surface area contributed by atoms with Crippen LogP contribution < -0.4 is 4.90 Å². The second-order valence-electron chi connectivity index (χ2n) is 5.12. The number of hydrogen-bond donors (Lipinski definition) is 0. The largest absolute Gasteiger partial charge is 0.293 e. The molecule has 4 nitrogen and oxygen atoms in total. The number of benzene rings is 1. The zero-order chi connectivity index (χ0) is 16.8. The summed E-state index contributed by atoms with van der Waals surface area (Å²) in [7, 11) is 0. The van der Waals surface area contributed by atoms with Gasteiger partial charge in [-0.15, -0.1) is 0 Å². The molecular formula is C17H20N2O2S2. The monoisotopic (exact) mass is 348 g/mol. The van der Waals surface area contributed by atoms with Crippen LogP contribution in [0, 0.1) is 0 Å². The minimum absolute atomic E-state index is 0.0602. The van der Waals surface area contributed by atoms with Crippen LogP contribution in [0.2, 0.25) is 0 Å². The van der Waals surface area contributed by atoms with Gasteiger partial charge < -0.3 is 0 Å². The molecule has 1 heterocycles. The van der Waals surface area contributed by atoms with Crippen molar-refractivity contribution in [3.63, 3.8) is 0 Å². The Morgan fingerprint density at radius 2 is 2.00 bits per heavy atom. The zero-order valence-electron chi connectivity index (χ0n) is 13.3. The van der Waals surface area contributed by atoms with Gasteiger partial charge in [-0.2, -0.15) is 0 Å². The Labute approximate surface area is 146 Å². The summed E-state index contributed by atoms with van der Waals surface area (Å²) in [6, 6.07) is 9.32. The maximum absolute atomic E-state index is 12.5. The number of carbonyl (C=O) groups is 2. The third-order valence-electron chi connectivity index (χ3n) is 3.46. The van der Waals surface area contributed by atoms with Gasteiger partial charge in [-0.3, -0.25) is 19.4 Å². The minimum atomic E-state index is -0.113. The van der Waals surface area contributed by atoms with Crippen LogP contribution in [0.5, 0.6) is 0 Å². The number of amides is 2. The highest BCUT2D eigenvalue weighted by Gasteiger charge is 2.32. The van der Waals surface area contributed by atoms with Gasteiger partial charge in [-0.1, -0.05) is 62.4 Å². The third kappa shape index (κ3) is 4.20. The molecule has 0 saturated carbocycles. The number of thiocarbonyl (C=S) groups is 1. The van der Waals surface area contributed by atoms with E-state index in [-0.39, 0.29) is 11.8 Å². The van der Waals surface area contributed by atoms with Crippen molar-refractivity contribution in [2.45, 2.75) is 33.1 Å². The van der Waals surface area contributed by atoms with E-state index >= 15 is 0 Å². The highest BCUT2D eigenvalue weighted by Crippen LogP contribution is 2.32. The van der Waals surface area contributed by atoms with Gasteiger partial charge in [-0.05, 0) is 18.6 Å². The lowest BCUT2D eigenvalue weighted by molar-refractivity contribution is -0.122. The first-order chi connectivity index (χ1) is 11.1. The smallest absolute Gasteiger partial charge is 0.267 e. The predicted molar refractivity (Wildman–Crippen MR) is 99.1 cm³/mol. The predicted octanol–water partition coefficient (Wildman–Crippen LogP) is 3.93. The summed E-state index contributed by atoms with van der Waals surface area (Å²) in [5.41, 5.74) is 0.748.